The summed E-state index contributed by atoms with van der Waals surface area (Å²) in [4.78, 5) is 13.4. The van der Waals surface area contributed by atoms with Gasteiger partial charge in [0, 0.05) is 43.1 Å². The second kappa shape index (κ2) is 7.43. The molecule has 4 rings (SSSR count). The highest BCUT2D eigenvalue weighted by Crippen LogP contribution is 2.25. The molecule has 0 spiro atoms. The fraction of sp³-hybridized carbons (Fsp3) is 0.316. The average molecular weight is 370 g/mol. The Hall–Kier alpha value is -2.44. The quantitative estimate of drug-likeness (QED) is 0.702. The Kier molecular flexibility index (Phi) is 4.86. The summed E-state index contributed by atoms with van der Waals surface area (Å²) in [6.07, 6.45) is 1.72. The molecule has 1 saturated heterocycles. The lowest BCUT2D eigenvalue weighted by Crippen LogP contribution is -2.46. The Morgan fingerprint density at radius 2 is 1.96 bits per heavy atom. The van der Waals surface area contributed by atoms with Crippen LogP contribution in [0.3, 0.4) is 0 Å². The molecule has 1 aliphatic rings. The molecule has 26 heavy (non-hydrogen) atoms. The van der Waals surface area contributed by atoms with Gasteiger partial charge in [-0.15, -0.1) is 0 Å². The molecule has 134 valence electrons. The van der Waals surface area contributed by atoms with Gasteiger partial charge in [0.2, 0.25) is 11.7 Å². The van der Waals surface area contributed by atoms with Crippen LogP contribution in [0.1, 0.15) is 11.5 Å². The molecule has 1 aliphatic heterocycles. The highest BCUT2D eigenvalue weighted by atomic mass is 35.5. The maximum absolute atomic E-state index is 6.16. The van der Waals surface area contributed by atoms with E-state index in [0.717, 1.165) is 36.9 Å². The molecular formula is C19H20ClN5O. The molecule has 1 fully saturated rings. The van der Waals surface area contributed by atoms with Gasteiger partial charge >= 0.3 is 0 Å². The normalized spacial score (nSPS) is 15.4. The third kappa shape index (κ3) is 3.71. The van der Waals surface area contributed by atoms with Gasteiger partial charge in [0.25, 0.3) is 0 Å². The van der Waals surface area contributed by atoms with Gasteiger partial charge in [-0.05, 0) is 36.8 Å². The number of benzene rings is 1. The topological polar surface area (TPSA) is 58.3 Å². The van der Waals surface area contributed by atoms with E-state index in [1.165, 1.54) is 11.3 Å². The van der Waals surface area contributed by atoms with Crippen molar-refractivity contribution >= 4 is 17.3 Å². The van der Waals surface area contributed by atoms with Crippen molar-refractivity contribution < 1.29 is 4.52 Å². The largest absolute Gasteiger partial charge is 0.369 e. The summed E-state index contributed by atoms with van der Waals surface area (Å²) in [5.74, 6) is 1.16. The molecule has 0 aliphatic carbocycles. The van der Waals surface area contributed by atoms with Crippen molar-refractivity contribution in [2.75, 3.05) is 31.1 Å². The molecule has 2 aromatic heterocycles. The lowest BCUT2D eigenvalue weighted by atomic mass is 10.1. The maximum Gasteiger partial charge on any atom is 0.241 e. The summed E-state index contributed by atoms with van der Waals surface area (Å²) >= 11 is 6.16. The highest BCUT2D eigenvalue weighted by Gasteiger charge is 2.21. The van der Waals surface area contributed by atoms with Gasteiger partial charge in [-0.1, -0.05) is 28.9 Å². The summed E-state index contributed by atoms with van der Waals surface area (Å²) in [6, 6.07) is 11.7. The van der Waals surface area contributed by atoms with Crippen LogP contribution in [0.4, 0.5) is 5.69 Å². The molecule has 0 atom stereocenters. The van der Waals surface area contributed by atoms with Crippen LogP contribution < -0.4 is 4.90 Å². The second-order valence-electron chi connectivity index (χ2n) is 6.42. The van der Waals surface area contributed by atoms with Gasteiger partial charge in [-0.3, -0.25) is 9.88 Å². The number of anilines is 1. The zero-order valence-electron chi connectivity index (χ0n) is 14.6. The maximum atomic E-state index is 6.16. The van der Waals surface area contributed by atoms with Gasteiger partial charge in [0.15, 0.2) is 0 Å². The smallest absolute Gasteiger partial charge is 0.241 e. The van der Waals surface area contributed by atoms with E-state index in [-0.39, 0.29) is 0 Å². The molecule has 0 N–H and O–H groups in total. The van der Waals surface area contributed by atoms with Crippen molar-refractivity contribution in [3.8, 4) is 11.5 Å². The van der Waals surface area contributed by atoms with Crippen LogP contribution in [0.15, 0.2) is 47.1 Å². The van der Waals surface area contributed by atoms with Crippen LogP contribution in [-0.2, 0) is 6.54 Å². The van der Waals surface area contributed by atoms with E-state index < -0.39 is 0 Å². The SMILES string of the molecule is Cc1ccc(Cl)cc1N1CCN(Cc2nc(-c3ccccn3)no2)CC1. The number of aromatic nitrogens is 3. The number of halogens is 1. The molecule has 3 aromatic rings. The van der Waals surface area contributed by atoms with Crippen molar-refractivity contribution in [2.24, 2.45) is 0 Å². The van der Waals surface area contributed by atoms with Crippen LogP contribution in [0.25, 0.3) is 11.5 Å². The molecule has 6 nitrogen and oxygen atoms in total. The van der Waals surface area contributed by atoms with Crippen molar-refractivity contribution in [1.29, 1.82) is 0 Å². The third-order valence-corrected chi connectivity index (χ3v) is 4.84. The van der Waals surface area contributed by atoms with E-state index in [0.29, 0.717) is 18.3 Å². The lowest BCUT2D eigenvalue weighted by molar-refractivity contribution is 0.215. The summed E-state index contributed by atoms with van der Waals surface area (Å²) in [6.45, 7) is 6.54. The van der Waals surface area contributed by atoms with Gasteiger partial charge in [-0.2, -0.15) is 4.98 Å². The Morgan fingerprint density at radius 1 is 1.12 bits per heavy atom. The van der Waals surface area contributed by atoms with Crippen molar-refractivity contribution in [1.82, 2.24) is 20.0 Å². The molecule has 3 heterocycles. The van der Waals surface area contributed by atoms with Crippen LogP contribution in [0.5, 0.6) is 0 Å². The first kappa shape index (κ1) is 17.0. The zero-order valence-corrected chi connectivity index (χ0v) is 15.4. The van der Waals surface area contributed by atoms with E-state index in [4.69, 9.17) is 16.1 Å². The summed E-state index contributed by atoms with van der Waals surface area (Å²) < 4.78 is 5.39. The number of aryl methyl sites for hydroxylation is 1. The van der Waals surface area contributed by atoms with Gasteiger partial charge < -0.3 is 9.42 Å². The summed E-state index contributed by atoms with van der Waals surface area (Å²) in [5, 5.41) is 4.81. The predicted molar refractivity (Wildman–Crippen MR) is 101 cm³/mol. The van der Waals surface area contributed by atoms with Gasteiger partial charge in [-0.25, -0.2) is 0 Å². The van der Waals surface area contributed by atoms with Crippen molar-refractivity contribution in [2.45, 2.75) is 13.5 Å². The fourth-order valence-corrected chi connectivity index (χ4v) is 3.35. The number of piperazine rings is 1. The molecule has 1 aromatic carbocycles. The molecule has 0 unspecified atom stereocenters. The Bertz CT molecular complexity index is 875. The molecule has 0 bridgehead atoms. The summed E-state index contributed by atoms with van der Waals surface area (Å²) in [7, 11) is 0. The molecule has 0 radical (unpaired) electrons. The van der Waals surface area contributed by atoms with Crippen molar-refractivity contribution in [3.05, 3.63) is 59.1 Å². The molecule has 0 amide bonds. The highest BCUT2D eigenvalue weighted by molar-refractivity contribution is 6.30. The second-order valence-corrected chi connectivity index (χ2v) is 6.86. The minimum atomic E-state index is 0.536. The number of hydrogen-bond acceptors (Lipinski definition) is 6. The monoisotopic (exact) mass is 369 g/mol. The van der Waals surface area contributed by atoms with Crippen LogP contribution in [0, 0.1) is 6.92 Å². The van der Waals surface area contributed by atoms with E-state index >= 15 is 0 Å². The minimum Gasteiger partial charge on any atom is -0.369 e. The fourth-order valence-electron chi connectivity index (χ4n) is 3.18. The van der Waals surface area contributed by atoms with E-state index in [2.05, 4.69) is 37.9 Å². The number of rotatable bonds is 4. The molecular weight excluding hydrogens is 350 g/mol. The summed E-state index contributed by atoms with van der Waals surface area (Å²) in [5.41, 5.74) is 3.19. The van der Waals surface area contributed by atoms with Crippen LogP contribution in [-0.4, -0.2) is 46.2 Å². The lowest BCUT2D eigenvalue weighted by Gasteiger charge is -2.36. The Morgan fingerprint density at radius 3 is 2.73 bits per heavy atom. The van der Waals surface area contributed by atoms with E-state index in [9.17, 15) is 0 Å². The number of nitrogens with zero attached hydrogens (tertiary/aromatic N) is 5. The Balaban J connectivity index is 1.37. The van der Waals surface area contributed by atoms with Gasteiger partial charge in [0.05, 0.1) is 6.54 Å². The first-order valence-corrected chi connectivity index (χ1v) is 9.04. The predicted octanol–water partition coefficient (Wildman–Crippen LogP) is 3.42. The number of hydrogen-bond donors (Lipinski definition) is 0. The van der Waals surface area contributed by atoms with Gasteiger partial charge in [0.1, 0.15) is 5.69 Å². The standard InChI is InChI=1S/C19H20ClN5O/c1-14-5-6-15(20)12-17(14)25-10-8-24(9-11-25)13-18-22-19(23-26-18)16-4-2-3-7-21-16/h2-7,12H,8-11,13H2,1H3. The molecule has 7 heteroatoms. The first-order chi connectivity index (χ1) is 12.7. The minimum absolute atomic E-state index is 0.536. The zero-order chi connectivity index (χ0) is 17.9. The first-order valence-electron chi connectivity index (χ1n) is 8.66. The molecule has 0 saturated carbocycles. The Labute approximate surface area is 157 Å². The third-order valence-electron chi connectivity index (χ3n) is 4.61. The van der Waals surface area contributed by atoms with Crippen molar-refractivity contribution in [3.63, 3.8) is 0 Å². The average Bonchev–Trinajstić information content (AvgIpc) is 3.14. The van der Waals surface area contributed by atoms with Crippen LogP contribution in [0.2, 0.25) is 5.02 Å². The van der Waals surface area contributed by atoms with Crippen LogP contribution >= 0.6 is 11.6 Å². The van der Waals surface area contributed by atoms with E-state index in [1.54, 1.807) is 6.20 Å². The number of pyridine rings is 1. The van der Waals surface area contributed by atoms with E-state index in [1.807, 2.05) is 30.3 Å².